The first-order valence-electron chi connectivity index (χ1n) is 8.64. The smallest absolute Gasteiger partial charge is 0.305 e. The summed E-state index contributed by atoms with van der Waals surface area (Å²) in [6.45, 7) is 1.58. The van der Waals surface area contributed by atoms with E-state index in [9.17, 15) is 14.4 Å². The molecule has 7 heteroatoms. The molecule has 0 aliphatic rings. The van der Waals surface area contributed by atoms with E-state index in [-0.39, 0.29) is 12.1 Å². The van der Waals surface area contributed by atoms with Crippen LogP contribution in [0.3, 0.4) is 0 Å². The van der Waals surface area contributed by atoms with E-state index < -0.39 is 23.8 Å². The average molecular weight is 382 g/mol. The van der Waals surface area contributed by atoms with Gasteiger partial charge in [0.05, 0.1) is 13.5 Å². The van der Waals surface area contributed by atoms with Crippen LogP contribution in [0.4, 0.5) is 0 Å². The predicted molar refractivity (Wildman–Crippen MR) is 105 cm³/mol. The van der Waals surface area contributed by atoms with E-state index in [4.69, 9.17) is 9.84 Å². The van der Waals surface area contributed by atoms with Crippen molar-refractivity contribution in [2.75, 3.05) is 7.11 Å². The van der Waals surface area contributed by atoms with Gasteiger partial charge in [-0.25, -0.2) is 0 Å². The first kappa shape index (κ1) is 20.7. The summed E-state index contributed by atoms with van der Waals surface area (Å²) in [7, 11) is 1.55. The van der Waals surface area contributed by atoms with E-state index in [0.717, 1.165) is 0 Å². The molecular formula is C21H22N2O5. The van der Waals surface area contributed by atoms with Gasteiger partial charge >= 0.3 is 5.97 Å². The van der Waals surface area contributed by atoms with Crippen LogP contribution < -0.4 is 15.4 Å². The van der Waals surface area contributed by atoms with Crippen LogP contribution in [-0.4, -0.2) is 36.0 Å². The van der Waals surface area contributed by atoms with Crippen LogP contribution in [0.2, 0.25) is 0 Å². The molecule has 7 nitrogen and oxygen atoms in total. The number of benzene rings is 2. The van der Waals surface area contributed by atoms with Crippen LogP contribution >= 0.6 is 0 Å². The fourth-order valence-corrected chi connectivity index (χ4v) is 2.42. The van der Waals surface area contributed by atoms with Crippen molar-refractivity contribution < 1.29 is 24.2 Å². The molecule has 2 amide bonds. The number of amides is 2. The number of ether oxygens (including phenoxy) is 1. The van der Waals surface area contributed by atoms with Crippen molar-refractivity contribution in [1.82, 2.24) is 10.6 Å². The maximum Gasteiger partial charge on any atom is 0.305 e. The summed E-state index contributed by atoms with van der Waals surface area (Å²) in [4.78, 5) is 35.9. The second kappa shape index (κ2) is 9.91. The highest BCUT2D eigenvalue weighted by Gasteiger charge is 2.17. The molecule has 0 saturated heterocycles. The average Bonchev–Trinajstić information content (AvgIpc) is 2.67. The highest BCUT2D eigenvalue weighted by molar-refractivity contribution is 6.05. The number of carboxylic acid groups (broad SMARTS) is 1. The molecule has 0 fully saturated rings. The summed E-state index contributed by atoms with van der Waals surface area (Å²) in [5.74, 6) is -1.39. The van der Waals surface area contributed by atoms with Crippen LogP contribution in [0.5, 0.6) is 5.75 Å². The summed E-state index contributed by atoms with van der Waals surface area (Å²) in [5.41, 5.74) is 1.08. The third-order valence-electron chi connectivity index (χ3n) is 3.81. The molecule has 1 atom stereocenters. The van der Waals surface area contributed by atoms with E-state index in [1.54, 1.807) is 68.6 Å². The molecule has 1 unspecified atom stereocenters. The summed E-state index contributed by atoms with van der Waals surface area (Å²) in [6, 6.07) is 14.8. The SMILES string of the molecule is COc1ccc(/C=C(/NC(=O)c2ccccc2)C(=O)NC(C)CC(=O)O)cc1. The van der Waals surface area contributed by atoms with Gasteiger partial charge in [-0.1, -0.05) is 30.3 Å². The minimum atomic E-state index is -1.03. The zero-order valence-electron chi connectivity index (χ0n) is 15.6. The number of carboxylic acids is 1. The van der Waals surface area contributed by atoms with Crippen LogP contribution in [0.1, 0.15) is 29.3 Å². The summed E-state index contributed by atoms with van der Waals surface area (Å²) < 4.78 is 5.11. The lowest BCUT2D eigenvalue weighted by molar-refractivity contribution is -0.137. The zero-order valence-corrected chi connectivity index (χ0v) is 15.6. The maximum absolute atomic E-state index is 12.6. The van der Waals surface area contributed by atoms with Gasteiger partial charge in [0.1, 0.15) is 11.4 Å². The van der Waals surface area contributed by atoms with Gasteiger partial charge in [0.2, 0.25) is 0 Å². The Morgan fingerprint density at radius 1 is 1.07 bits per heavy atom. The first-order valence-corrected chi connectivity index (χ1v) is 8.64. The largest absolute Gasteiger partial charge is 0.497 e. The van der Waals surface area contributed by atoms with Crippen molar-refractivity contribution in [3.8, 4) is 5.75 Å². The van der Waals surface area contributed by atoms with Gasteiger partial charge in [-0.2, -0.15) is 0 Å². The molecule has 28 heavy (non-hydrogen) atoms. The van der Waals surface area contributed by atoms with E-state index in [2.05, 4.69) is 10.6 Å². The lowest BCUT2D eigenvalue weighted by Crippen LogP contribution is -2.40. The highest BCUT2D eigenvalue weighted by Crippen LogP contribution is 2.14. The second-order valence-electron chi connectivity index (χ2n) is 6.12. The molecule has 0 bridgehead atoms. The summed E-state index contributed by atoms with van der Waals surface area (Å²) >= 11 is 0. The molecule has 0 radical (unpaired) electrons. The molecule has 0 aliphatic heterocycles. The molecule has 0 aromatic heterocycles. The Morgan fingerprint density at radius 2 is 1.71 bits per heavy atom. The van der Waals surface area contributed by atoms with Crippen LogP contribution in [-0.2, 0) is 9.59 Å². The molecule has 0 spiro atoms. The normalized spacial score (nSPS) is 12.0. The summed E-state index contributed by atoms with van der Waals surface area (Å²) in [6.07, 6.45) is 1.29. The van der Waals surface area contributed by atoms with E-state index in [1.807, 2.05) is 0 Å². The topological polar surface area (TPSA) is 105 Å². The lowest BCUT2D eigenvalue weighted by Gasteiger charge is -2.15. The van der Waals surface area contributed by atoms with Crippen molar-refractivity contribution in [2.24, 2.45) is 0 Å². The fourth-order valence-electron chi connectivity index (χ4n) is 2.42. The van der Waals surface area contributed by atoms with Crippen molar-refractivity contribution in [2.45, 2.75) is 19.4 Å². The number of methoxy groups -OCH3 is 1. The van der Waals surface area contributed by atoms with Gasteiger partial charge in [-0.15, -0.1) is 0 Å². The van der Waals surface area contributed by atoms with E-state index >= 15 is 0 Å². The molecule has 0 aliphatic carbocycles. The van der Waals surface area contributed by atoms with Crippen LogP contribution in [0.25, 0.3) is 6.08 Å². The molecule has 0 saturated carbocycles. The third kappa shape index (κ3) is 6.28. The Morgan fingerprint density at radius 3 is 2.29 bits per heavy atom. The summed E-state index contributed by atoms with van der Waals surface area (Å²) in [5, 5.41) is 14.1. The van der Waals surface area contributed by atoms with Gasteiger partial charge in [-0.3, -0.25) is 14.4 Å². The molecule has 2 aromatic carbocycles. The number of carbonyl (C=O) groups is 3. The predicted octanol–water partition coefficient (Wildman–Crippen LogP) is 2.45. The fraction of sp³-hybridized carbons (Fsp3) is 0.190. The number of rotatable bonds is 8. The monoisotopic (exact) mass is 382 g/mol. The Kier molecular flexibility index (Phi) is 7.33. The minimum Gasteiger partial charge on any atom is -0.497 e. The number of hydrogen-bond acceptors (Lipinski definition) is 4. The van der Waals surface area contributed by atoms with Gasteiger partial charge in [0, 0.05) is 11.6 Å². The molecule has 146 valence electrons. The van der Waals surface area contributed by atoms with Gasteiger partial charge in [-0.05, 0) is 42.8 Å². The van der Waals surface area contributed by atoms with Crippen molar-refractivity contribution in [3.63, 3.8) is 0 Å². The third-order valence-corrected chi connectivity index (χ3v) is 3.81. The van der Waals surface area contributed by atoms with Crippen molar-refractivity contribution >= 4 is 23.9 Å². The molecule has 2 rings (SSSR count). The molecule has 2 aromatic rings. The van der Waals surface area contributed by atoms with Crippen molar-refractivity contribution in [1.29, 1.82) is 0 Å². The Hall–Kier alpha value is -3.61. The van der Waals surface area contributed by atoms with Gasteiger partial charge in [0.25, 0.3) is 11.8 Å². The lowest BCUT2D eigenvalue weighted by atomic mass is 10.1. The molecule has 0 heterocycles. The van der Waals surface area contributed by atoms with Crippen LogP contribution in [0, 0.1) is 0 Å². The second-order valence-corrected chi connectivity index (χ2v) is 6.12. The van der Waals surface area contributed by atoms with Crippen molar-refractivity contribution in [3.05, 3.63) is 71.4 Å². The molecule has 3 N–H and O–H groups in total. The first-order chi connectivity index (χ1) is 13.4. The standard InChI is InChI=1S/C21H22N2O5/c1-14(12-19(24)25)22-21(27)18(13-15-8-10-17(28-2)11-9-15)23-20(26)16-6-4-3-5-7-16/h3-11,13-14H,12H2,1-2H3,(H,22,27)(H,23,26)(H,24,25)/b18-13+. The van der Waals surface area contributed by atoms with Gasteiger partial charge < -0.3 is 20.5 Å². The van der Waals surface area contributed by atoms with Crippen LogP contribution in [0.15, 0.2) is 60.3 Å². The molecular weight excluding hydrogens is 360 g/mol. The highest BCUT2D eigenvalue weighted by atomic mass is 16.5. The number of carbonyl (C=O) groups excluding carboxylic acids is 2. The zero-order chi connectivity index (χ0) is 20.5. The Labute approximate surface area is 163 Å². The Bertz CT molecular complexity index is 860. The minimum absolute atomic E-state index is 0.0104. The van der Waals surface area contributed by atoms with E-state index in [0.29, 0.717) is 16.9 Å². The maximum atomic E-state index is 12.6. The van der Waals surface area contributed by atoms with Gasteiger partial charge in [0.15, 0.2) is 0 Å². The van der Waals surface area contributed by atoms with E-state index in [1.165, 1.54) is 6.08 Å². The number of aliphatic carboxylic acids is 1. The Balaban J connectivity index is 2.25. The quantitative estimate of drug-likeness (QED) is 0.608. The number of hydrogen-bond donors (Lipinski definition) is 3. The number of nitrogens with one attached hydrogen (secondary N) is 2.